The Labute approximate surface area is 179 Å². The van der Waals surface area contributed by atoms with E-state index in [0.717, 1.165) is 51.5 Å². The van der Waals surface area contributed by atoms with Gasteiger partial charge in [-0.25, -0.2) is 0 Å². The van der Waals surface area contributed by atoms with Crippen LogP contribution in [0.25, 0.3) is 6.08 Å². The number of fused-ring (bicyclic) bond motifs is 3. The first-order valence-electron chi connectivity index (χ1n) is 11.0. The van der Waals surface area contributed by atoms with Gasteiger partial charge in [0.1, 0.15) is 6.10 Å². The molecule has 0 aromatic heterocycles. The summed E-state index contributed by atoms with van der Waals surface area (Å²) in [5.41, 5.74) is 4.89. The number of para-hydroxylation sites is 1. The van der Waals surface area contributed by atoms with Crippen molar-refractivity contribution in [3.63, 3.8) is 0 Å². The molecule has 3 heterocycles. The monoisotopic (exact) mass is 401 g/mol. The van der Waals surface area contributed by atoms with Crippen LogP contribution in [-0.4, -0.2) is 74.5 Å². The van der Waals surface area contributed by atoms with Crippen LogP contribution in [0.3, 0.4) is 0 Å². The highest BCUT2D eigenvalue weighted by Gasteiger charge is 2.41. The Balaban J connectivity index is 1.12. The fourth-order valence-electron chi connectivity index (χ4n) is 4.78. The summed E-state index contributed by atoms with van der Waals surface area (Å²) in [5.74, 6) is 0.358. The van der Waals surface area contributed by atoms with Crippen LogP contribution in [-0.2, 0) is 4.84 Å². The van der Waals surface area contributed by atoms with Crippen LogP contribution in [0.1, 0.15) is 11.1 Å². The summed E-state index contributed by atoms with van der Waals surface area (Å²) in [6.07, 6.45) is 4.65. The summed E-state index contributed by atoms with van der Waals surface area (Å²) in [6, 6.07) is 19.1. The first-order chi connectivity index (χ1) is 14.8. The number of oxime groups is 1. The zero-order valence-corrected chi connectivity index (χ0v) is 17.7. The molecule has 1 saturated heterocycles. The van der Waals surface area contributed by atoms with Gasteiger partial charge >= 0.3 is 0 Å². The highest BCUT2D eigenvalue weighted by Crippen LogP contribution is 2.35. The lowest BCUT2D eigenvalue weighted by Crippen LogP contribution is -2.51. The van der Waals surface area contributed by atoms with Crippen molar-refractivity contribution in [3.8, 4) is 0 Å². The number of benzene rings is 2. The summed E-state index contributed by atoms with van der Waals surface area (Å²) in [7, 11) is 2.17. The molecule has 0 aliphatic carbocycles. The predicted octanol–water partition coefficient (Wildman–Crippen LogP) is 3.19. The van der Waals surface area contributed by atoms with E-state index in [1.54, 1.807) is 0 Å². The van der Waals surface area contributed by atoms with Crippen molar-refractivity contribution in [1.29, 1.82) is 0 Å². The molecule has 2 atom stereocenters. The van der Waals surface area contributed by atoms with E-state index in [-0.39, 0.29) is 6.10 Å². The molecule has 0 bridgehead atoms. The molecule has 156 valence electrons. The molecule has 1 unspecified atom stereocenters. The van der Waals surface area contributed by atoms with E-state index in [1.807, 2.05) is 0 Å². The van der Waals surface area contributed by atoms with E-state index >= 15 is 0 Å². The fraction of sp³-hybridized carbons (Fsp3) is 0.400. The smallest absolute Gasteiger partial charge is 0.150 e. The van der Waals surface area contributed by atoms with Crippen LogP contribution in [0.2, 0.25) is 0 Å². The number of hydrogen-bond acceptors (Lipinski definition) is 5. The number of piperazine rings is 1. The van der Waals surface area contributed by atoms with Gasteiger partial charge in [0.25, 0.3) is 0 Å². The SMILES string of the molecule is [11CH3]N1CC2C(=NO[C@H]2CN2CCN(C/C=C/c3ccccc3)CC2)c2ccccc21. The second kappa shape index (κ2) is 8.62. The fourth-order valence-corrected chi connectivity index (χ4v) is 4.78. The molecule has 0 amide bonds. The van der Waals surface area contributed by atoms with Crippen molar-refractivity contribution in [2.24, 2.45) is 11.1 Å². The Kier molecular flexibility index (Phi) is 5.56. The van der Waals surface area contributed by atoms with Gasteiger partial charge in [0.15, 0.2) is 0 Å². The third kappa shape index (κ3) is 4.00. The first-order valence-corrected chi connectivity index (χ1v) is 11.0. The zero-order valence-electron chi connectivity index (χ0n) is 17.7. The van der Waals surface area contributed by atoms with Gasteiger partial charge in [0.2, 0.25) is 0 Å². The maximum atomic E-state index is 5.94. The maximum absolute atomic E-state index is 5.94. The van der Waals surface area contributed by atoms with Crippen molar-refractivity contribution >= 4 is 17.5 Å². The molecule has 2 aromatic rings. The Bertz CT molecular complexity index is 918. The minimum atomic E-state index is 0.153. The Morgan fingerprint density at radius 1 is 0.967 bits per heavy atom. The number of hydrogen-bond donors (Lipinski definition) is 0. The summed E-state index contributed by atoms with van der Waals surface area (Å²) in [4.78, 5) is 13.4. The molecule has 5 rings (SSSR count). The Hall–Kier alpha value is -2.63. The van der Waals surface area contributed by atoms with Gasteiger partial charge in [-0.1, -0.05) is 65.8 Å². The topological polar surface area (TPSA) is 31.3 Å². The highest BCUT2D eigenvalue weighted by molar-refractivity contribution is 6.09. The molecular weight excluding hydrogens is 371 g/mol. The summed E-state index contributed by atoms with van der Waals surface area (Å²) in [5, 5.41) is 4.51. The van der Waals surface area contributed by atoms with Gasteiger partial charge in [0.05, 0.1) is 11.6 Å². The molecule has 2 aromatic carbocycles. The lowest BCUT2D eigenvalue weighted by Gasteiger charge is -2.37. The second-order valence-electron chi connectivity index (χ2n) is 8.54. The molecule has 5 heteroatoms. The number of anilines is 1. The number of nitrogens with zero attached hydrogens (tertiary/aromatic N) is 4. The molecule has 5 nitrogen and oxygen atoms in total. The second-order valence-corrected chi connectivity index (χ2v) is 8.54. The van der Waals surface area contributed by atoms with E-state index in [0.29, 0.717) is 5.92 Å². The van der Waals surface area contributed by atoms with E-state index in [9.17, 15) is 0 Å². The zero-order chi connectivity index (χ0) is 20.3. The van der Waals surface area contributed by atoms with Crippen molar-refractivity contribution in [2.45, 2.75) is 6.10 Å². The van der Waals surface area contributed by atoms with Crippen LogP contribution in [0.15, 0.2) is 65.8 Å². The van der Waals surface area contributed by atoms with Gasteiger partial charge in [-0.05, 0) is 11.6 Å². The summed E-state index contributed by atoms with van der Waals surface area (Å²) < 4.78 is 0. The van der Waals surface area contributed by atoms with Crippen molar-refractivity contribution in [3.05, 3.63) is 71.8 Å². The molecule has 0 saturated carbocycles. The van der Waals surface area contributed by atoms with Gasteiger partial charge in [0, 0.05) is 64.1 Å². The third-order valence-electron chi connectivity index (χ3n) is 6.52. The summed E-state index contributed by atoms with van der Waals surface area (Å²) >= 11 is 0. The van der Waals surface area contributed by atoms with E-state index in [1.165, 1.54) is 16.8 Å². The summed E-state index contributed by atoms with van der Waals surface area (Å²) in [6.45, 7) is 7.34. The Morgan fingerprint density at radius 3 is 2.53 bits per heavy atom. The molecule has 3 aliphatic rings. The quantitative estimate of drug-likeness (QED) is 0.770. The van der Waals surface area contributed by atoms with Crippen LogP contribution in [0, 0.1) is 5.92 Å². The lowest BCUT2D eigenvalue weighted by atomic mass is 9.86. The third-order valence-corrected chi connectivity index (χ3v) is 6.52. The molecule has 0 radical (unpaired) electrons. The minimum absolute atomic E-state index is 0.153. The van der Waals surface area contributed by atoms with E-state index < -0.39 is 0 Å². The lowest BCUT2D eigenvalue weighted by molar-refractivity contribution is 0.0198. The molecule has 3 aliphatic heterocycles. The van der Waals surface area contributed by atoms with Gasteiger partial charge in [-0.2, -0.15) is 0 Å². The van der Waals surface area contributed by atoms with Crippen LogP contribution in [0.5, 0.6) is 0 Å². The van der Waals surface area contributed by atoms with Crippen LogP contribution < -0.4 is 4.90 Å². The molecule has 0 N–H and O–H groups in total. The average Bonchev–Trinajstić information content (AvgIpc) is 3.18. The van der Waals surface area contributed by atoms with Gasteiger partial charge in [-0.15, -0.1) is 0 Å². The molecule has 30 heavy (non-hydrogen) atoms. The molecule has 0 spiro atoms. The minimum Gasteiger partial charge on any atom is -0.390 e. The largest absolute Gasteiger partial charge is 0.390 e. The molecular formula is C25H30N4O. The number of rotatable bonds is 5. The van der Waals surface area contributed by atoms with Gasteiger partial charge < -0.3 is 9.74 Å². The first kappa shape index (κ1) is 19.3. The van der Waals surface area contributed by atoms with Crippen molar-refractivity contribution < 1.29 is 4.84 Å². The van der Waals surface area contributed by atoms with Gasteiger partial charge in [-0.3, -0.25) is 9.80 Å². The van der Waals surface area contributed by atoms with Crippen LogP contribution in [0.4, 0.5) is 5.69 Å². The predicted molar refractivity (Wildman–Crippen MR) is 123 cm³/mol. The average molecular weight is 402 g/mol. The maximum Gasteiger partial charge on any atom is 0.150 e. The van der Waals surface area contributed by atoms with E-state index in [4.69, 9.17) is 4.84 Å². The standard InChI is InChI=1S/C25H30N4O/c1-27-18-22-24(30-26-25(22)21-11-5-6-12-23(21)27)19-29-16-14-28(15-17-29)13-7-10-20-8-3-2-4-9-20/h2-12,22,24H,13-19H2,1H3/b10-7+/t22?,24-/m0/s1/i1-1. The van der Waals surface area contributed by atoms with E-state index in [2.05, 4.69) is 93.7 Å². The van der Waals surface area contributed by atoms with Crippen molar-refractivity contribution in [2.75, 3.05) is 57.8 Å². The Morgan fingerprint density at radius 2 is 1.70 bits per heavy atom. The normalized spacial score (nSPS) is 24.4. The highest BCUT2D eigenvalue weighted by atomic mass is 16.6. The molecule has 1 fully saturated rings. The van der Waals surface area contributed by atoms with Crippen LogP contribution >= 0.6 is 0 Å². The van der Waals surface area contributed by atoms with Crippen molar-refractivity contribution in [1.82, 2.24) is 9.80 Å².